The molecule has 0 radical (unpaired) electrons. The summed E-state index contributed by atoms with van der Waals surface area (Å²) in [6, 6.07) is 4.86. The Labute approximate surface area is 129 Å². The van der Waals surface area contributed by atoms with Gasteiger partial charge in [-0.3, -0.25) is 4.79 Å². The lowest BCUT2D eigenvalue weighted by atomic mass is 10.2. The Kier molecular flexibility index (Phi) is 6.21. The molecule has 0 spiro atoms. The van der Waals surface area contributed by atoms with Gasteiger partial charge in [-0.25, -0.2) is 4.79 Å². The SMILES string of the molecule is CCOC(=O)COc1ccc(OC2CCCCO2)cc1C=O. The second-order valence-electron chi connectivity index (χ2n) is 4.83. The minimum atomic E-state index is -0.477. The molecule has 22 heavy (non-hydrogen) atoms. The molecule has 1 aliphatic rings. The largest absolute Gasteiger partial charge is 0.481 e. The molecule has 0 amide bonds. The molecule has 0 aliphatic carbocycles. The van der Waals surface area contributed by atoms with Crippen LogP contribution in [0.4, 0.5) is 0 Å². The fourth-order valence-electron chi connectivity index (χ4n) is 2.12. The summed E-state index contributed by atoms with van der Waals surface area (Å²) >= 11 is 0. The third-order valence-corrected chi connectivity index (χ3v) is 3.16. The second kappa shape index (κ2) is 8.38. The van der Waals surface area contributed by atoms with Crippen LogP contribution in [0.2, 0.25) is 0 Å². The summed E-state index contributed by atoms with van der Waals surface area (Å²) in [7, 11) is 0. The first-order valence-corrected chi connectivity index (χ1v) is 7.39. The predicted molar refractivity (Wildman–Crippen MR) is 78.2 cm³/mol. The molecule has 6 heteroatoms. The van der Waals surface area contributed by atoms with Crippen molar-refractivity contribution < 1.29 is 28.5 Å². The van der Waals surface area contributed by atoms with Gasteiger partial charge in [-0.05, 0) is 38.0 Å². The normalized spacial score (nSPS) is 17.6. The molecule has 1 aliphatic heterocycles. The lowest BCUT2D eigenvalue weighted by molar-refractivity contribution is -0.145. The second-order valence-corrected chi connectivity index (χ2v) is 4.83. The molecule has 2 rings (SSSR count). The summed E-state index contributed by atoms with van der Waals surface area (Å²) in [5.41, 5.74) is 0.317. The summed E-state index contributed by atoms with van der Waals surface area (Å²) in [5.74, 6) is 0.382. The Morgan fingerprint density at radius 3 is 2.95 bits per heavy atom. The van der Waals surface area contributed by atoms with Crippen molar-refractivity contribution in [3.8, 4) is 11.5 Å². The van der Waals surface area contributed by atoms with Crippen molar-refractivity contribution in [1.82, 2.24) is 0 Å². The van der Waals surface area contributed by atoms with Crippen molar-refractivity contribution in [2.75, 3.05) is 19.8 Å². The number of hydrogen-bond acceptors (Lipinski definition) is 6. The van der Waals surface area contributed by atoms with Crippen LogP contribution in [0.15, 0.2) is 18.2 Å². The molecular weight excluding hydrogens is 288 g/mol. The van der Waals surface area contributed by atoms with E-state index in [1.807, 2.05) is 0 Å². The van der Waals surface area contributed by atoms with Gasteiger partial charge in [0.1, 0.15) is 11.5 Å². The Morgan fingerprint density at radius 2 is 2.27 bits per heavy atom. The van der Waals surface area contributed by atoms with Crippen LogP contribution in [0.5, 0.6) is 11.5 Å². The molecule has 0 N–H and O–H groups in total. The van der Waals surface area contributed by atoms with Gasteiger partial charge >= 0.3 is 5.97 Å². The molecule has 1 aromatic carbocycles. The molecule has 0 saturated carbocycles. The van der Waals surface area contributed by atoms with Crippen LogP contribution in [0, 0.1) is 0 Å². The summed E-state index contributed by atoms with van der Waals surface area (Å²) in [6.45, 7) is 2.46. The maximum absolute atomic E-state index is 11.3. The van der Waals surface area contributed by atoms with E-state index in [0.29, 0.717) is 30.0 Å². The Bertz CT molecular complexity index is 507. The number of carbonyl (C=O) groups is 2. The minimum absolute atomic E-state index is 0.235. The Hall–Kier alpha value is -2.08. The topological polar surface area (TPSA) is 71.1 Å². The van der Waals surface area contributed by atoms with E-state index in [4.69, 9.17) is 18.9 Å². The fraction of sp³-hybridized carbons (Fsp3) is 0.500. The molecule has 1 heterocycles. The zero-order valence-corrected chi connectivity index (χ0v) is 12.6. The van der Waals surface area contributed by atoms with Crippen molar-refractivity contribution >= 4 is 12.3 Å². The van der Waals surface area contributed by atoms with Gasteiger partial charge in [-0.2, -0.15) is 0 Å². The number of esters is 1. The number of hydrogen-bond donors (Lipinski definition) is 0. The minimum Gasteiger partial charge on any atom is -0.481 e. The maximum atomic E-state index is 11.3. The van der Waals surface area contributed by atoms with Gasteiger partial charge in [0.25, 0.3) is 0 Å². The smallest absolute Gasteiger partial charge is 0.344 e. The molecule has 120 valence electrons. The standard InChI is InChI=1S/C16H20O6/c1-2-19-15(18)11-21-14-7-6-13(9-12(14)10-17)22-16-5-3-4-8-20-16/h6-7,9-10,16H,2-5,8,11H2,1H3. The quantitative estimate of drug-likeness (QED) is 0.569. The van der Waals surface area contributed by atoms with E-state index in [9.17, 15) is 9.59 Å². The van der Waals surface area contributed by atoms with Crippen LogP contribution in [-0.4, -0.2) is 38.4 Å². The zero-order valence-electron chi connectivity index (χ0n) is 12.6. The summed E-state index contributed by atoms with van der Waals surface area (Å²) in [6.07, 6.45) is 3.32. The highest BCUT2D eigenvalue weighted by molar-refractivity contribution is 5.80. The van der Waals surface area contributed by atoms with Crippen LogP contribution in [0.3, 0.4) is 0 Å². The van der Waals surface area contributed by atoms with Gasteiger partial charge in [0, 0.05) is 6.42 Å². The highest BCUT2D eigenvalue weighted by atomic mass is 16.7. The van der Waals surface area contributed by atoms with E-state index in [1.165, 1.54) is 0 Å². The molecule has 1 unspecified atom stereocenters. The summed E-state index contributed by atoms with van der Waals surface area (Å²) in [5, 5.41) is 0. The monoisotopic (exact) mass is 308 g/mol. The van der Waals surface area contributed by atoms with Crippen LogP contribution < -0.4 is 9.47 Å². The van der Waals surface area contributed by atoms with E-state index in [1.54, 1.807) is 25.1 Å². The van der Waals surface area contributed by atoms with Crippen molar-refractivity contribution in [3.05, 3.63) is 23.8 Å². The molecule has 6 nitrogen and oxygen atoms in total. The van der Waals surface area contributed by atoms with E-state index in [-0.39, 0.29) is 19.5 Å². The fourth-order valence-corrected chi connectivity index (χ4v) is 2.12. The van der Waals surface area contributed by atoms with Crippen LogP contribution >= 0.6 is 0 Å². The van der Waals surface area contributed by atoms with Gasteiger partial charge in [-0.1, -0.05) is 0 Å². The average molecular weight is 308 g/mol. The Balaban J connectivity index is 1.97. The van der Waals surface area contributed by atoms with Crippen molar-refractivity contribution in [2.24, 2.45) is 0 Å². The lowest BCUT2D eigenvalue weighted by Crippen LogP contribution is -2.25. The summed E-state index contributed by atoms with van der Waals surface area (Å²) < 4.78 is 21.2. The van der Waals surface area contributed by atoms with Gasteiger partial charge in [-0.15, -0.1) is 0 Å². The molecule has 1 aromatic rings. The van der Waals surface area contributed by atoms with E-state index >= 15 is 0 Å². The highest BCUT2D eigenvalue weighted by Gasteiger charge is 2.16. The van der Waals surface area contributed by atoms with E-state index < -0.39 is 5.97 Å². The van der Waals surface area contributed by atoms with Gasteiger partial charge in [0.05, 0.1) is 18.8 Å². The first kappa shape index (κ1) is 16.3. The molecule has 0 aromatic heterocycles. The molecule has 1 saturated heterocycles. The first-order valence-electron chi connectivity index (χ1n) is 7.39. The predicted octanol–water partition coefficient (Wildman–Crippen LogP) is 2.35. The summed E-state index contributed by atoms with van der Waals surface area (Å²) in [4.78, 5) is 22.4. The van der Waals surface area contributed by atoms with Gasteiger partial charge in [0.15, 0.2) is 19.2 Å². The van der Waals surface area contributed by atoms with Crippen molar-refractivity contribution in [1.29, 1.82) is 0 Å². The van der Waals surface area contributed by atoms with Crippen molar-refractivity contribution in [2.45, 2.75) is 32.5 Å². The van der Waals surface area contributed by atoms with E-state index in [2.05, 4.69) is 0 Å². The first-order chi connectivity index (χ1) is 10.7. The van der Waals surface area contributed by atoms with Crippen LogP contribution in [-0.2, 0) is 14.3 Å². The molecule has 1 atom stereocenters. The third kappa shape index (κ3) is 4.73. The number of aldehydes is 1. The van der Waals surface area contributed by atoms with Gasteiger partial charge in [0.2, 0.25) is 0 Å². The van der Waals surface area contributed by atoms with Gasteiger partial charge < -0.3 is 18.9 Å². The molecule has 0 bridgehead atoms. The average Bonchev–Trinajstić information content (AvgIpc) is 2.54. The lowest BCUT2D eigenvalue weighted by Gasteiger charge is -2.23. The molecule has 1 fully saturated rings. The third-order valence-electron chi connectivity index (χ3n) is 3.16. The zero-order chi connectivity index (χ0) is 15.8. The Morgan fingerprint density at radius 1 is 1.41 bits per heavy atom. The highest BCUT2D eigenvalue weighted by Crippen LogP contribution is 2.25. The maximum Gasteiger partial charge on any atom is 0.344 e. The molecular formula is C16H20O6. The van der Waals surface area contributed by atoms with Crippen LogP contribution in [0.1, 0.15) is 36.5 Å². The number of ether oxygens (including phenoxy) is 4. The van der Waals surface area contributed by atoms with Crippen LogP contribution in [0.25, 0.3) is 0 Å². The number of benzene rings is 1. The van der Waals surface area contributed by atoms with E-state index in [0.717, 1.165) is 19.3 Å². The number of rotatable bonds is 7. The number of carbonyl (C=O) groups excluding carboxylic acids is 2. The van der Waals surface area contributed by atoms with Crippen molar-refractivity contribution in [3.63, 3.8) is 0 Å².